The third-order valence-corrected chi connectivity index (χ3v) is 5.63. The summed E-state index contributed by atoms with van der Waals surface area (Å²) < 4.78 is 2.27. The summed E-state index contributed by atoms with van der Waals surface area (Å²) in [6.45, 7) is 1.14. The molecule has 3 nitrogen and oxygen atoms in total. The van der Waals surface area contributed by atoms with Gasteiger partial charge in [0.15, 0.2) is 0 Å². The Hall–Kier alpha value is -0.830. The quantitative estimate of drug-likeness (QED) is 0.884. The van der Waals surface area contributed by atoms with Crippen LogP contribution in [0.2, 0.25) is 0 Å². The second-order valence-corrected chi connectivity index (χ2v) is 7.35. The highest BCUT2D eigenvalue weighted by atomic mass is 15.3. The van der Waals surface area contributed by atoms with Gasteiger partial charge in [-0.2, -0.15) is 5.10 Å². The first-order valence-electron chi connectivity index (χ1n) is 9.00. The minimum absolute atomic E-state index is 0.457. The average molecular weight is 289 g/mol. The molecule has 2 fully saturated rings. The summed E-state index contributed by atoms with van der Waals surface area (Å²) in [5.41, 5.74) is 1.77. The molecule has 0 amide bonds. The van der Waals surface area contributed by atoms with Crippen LogP contribution in [0.4, 0.5) is 0 Å². The van der Waals surface area contributed by atoms with Crippen molar-refractivity contribution in [2.75, 3.05) is 13.6 Å². The van der Waals surface area contributed by atoms with Crippen molar-refractivity contribution in [3.63, 3.8) is 0 Å². The van der Waals surface area contributed by atoms with Crippen molar-refractivity contribution in [3.05, 3.63) is 18.0 Å². The molecule has 0 saturated heterocycles. The van der Waals surface area contributed by atoms with E-state index in [0.29, 0.717) is 11.5 Å². The lowest BCUT2D eigenvalue weighted by Crippen LogP contribution is -2.36. The Kier molecular flexibility index (Phi) is 4.99. The standard InChI is InChI=1S/C18H31N3/c1-19-15-18(11-6-3-7-12-18)14-16-10-13-21(20-16)17-8-4-2-5-9-17/h10,13,17,19H,2-9,11-12,14-15H2,1H3. The first-order valence-corrected chi connectivity index (χ1v) is 9.00. The average Bonchev–Trinajstić information content (AvgIpc) is 2.97. The summed E-state index contributed by atoms with van der Waals surface area (Å²) in [4.78, 5) is 0. The molecule has 0 bridgehead atoms. The Morgan fingerprint density at radius 3 is 2.57 bits per heavy atom. The van der Waals surface area contributed by atoms with Crippen molar-refractivity contribution < 1.29 is 0 Å². The first kappa shape index (κ1) is 15.1. The van der Waals surface area contributed by atoms with Crippen LogP contribution in [-0.2, 0) is 6.42 Å². The number of nitrogens with one attached hydrogen (secondary N) is 1. The molecule has 1 heterocycles. The zero-order chi connectivity index (χ0) is 14.5. The molecule has 2 aliphatic carbocycles. The molecule has 2 saturated carbocycles. The molecule has 118 valence electrons. The summed E-state index contributed by atoms with van der Waals surface area (Å²) in [7, 11) is 2.09. The fourth-order valence-electron chi connectivity index (χ4n) is 4.50. The SMILES string of the molecule is CNCC1(Cc2ccn(C3CCCCC3)n2)CCCCC1. The van der Waals surface area contributed by atoms with E-state index in [9.17, 15) is 0 Å². The van der Waals surface area contributed by atoms with Crippen molar-refractivity contribution >= 4 is 0 Å². The molecular weight excluding hydrogens is 258 g/mol. The molecule has 1 aromatic rings. The van der Waals surface area contributed by atoms with Crippen LogP contribution in [0.1, 0.15) is 75.9 Å². The van der Waals surface area contributed by atoms with Gasteiger partial charge in [-0.3, -0.25) is 4.68 Å². The minimum atomic E-state index is 0.457. The molecule has 0 spiro atoms. The van der Waals surface area contributed by atoms with Crippen molar-refractivity contribution in [2.24, 2.45) is 5.41 Å². The molecule has 1 N–H and O–H groups in total. The number of nitrogens with zero attached hydrogens (tertiary/aromatic N) is 2. The summed E-state index contributed by atoms with van der Waals surface area (Å²) in [5.74, 6) is 0. The Bertz CT molecular complexity index is 420. The second kappa shape index (κ2) is 6.95. The lowest BCUT2D eigenvalue weighted by Gasteiger charge is -2.37. The monoisotopic (exact) mass is 289 g/mol. The lowest BCUT2D eigenvalue weighted by atomic mass is 9.71. The van der Waals surface area contributed by atoms with Gasteiger partial charge < -0.3 is 5.32 Å². The van der Waals surface area contributed by atoms with Gasteiger partial charge >= 0.3 is 0 Å². The van der Waals surface area contributed by atoms with E-state index in [0.717, 1.165) is 13.0 Å². The molecule has 0 atom stereocenters. The molecule has 0 aromatic carbocycles. The third-order valence-electron chi connectivity index (χ3n) is 5.63. The minimum Gasteiger partial charge on any atom is -0.319 e. The van der Waals surface area contributed by atoms with E-state index < -0.39 is 0 Å². The van der Waals surface area contributed by atoms with E-state index in [-0.39, 0.29) is 0 Å². The predicted octanol–water partition coefficient (Wildman–Crippen LogP) is 4.10. The van der Waals surface area contributed by atoms with E-state index in [4.69, 9.17) is 5.10 Å². The molecule has 0 radical (unpaired) electrons. The van der Waals surface area contributed by atoms with Gasteiger partial charge in [0.1, 0.15) is 0 Å². The Balaban J connectivity index is 1.67. The topological polar surface area (TPSA) is 29.9 Å². The van der Waals surface area contributed by atoms with Crippen molar-refractivity contribution in [1.82, 2.24) is 15.1 Å². The first-order chi connectivity index (χ1) is 10.3. The van der Waals surface area contributed by atoms with Crippen molar-refractivity contribution in [1.29, 1.82) is 0 Å². The highest BCUT2D eigenvalue weighted by Crippen LogP contribution is 2.38. The van der Waals surface area contributed by atoms with Gasteiger partial charge in [0, 0.05) is 12.7 Å². The zero-order valence-electron chi connectivity index (χ0n) is 13.6. The Morgan fingerprint density at radius 1 is 1.14 bits per heavy atom. The largest absolute Gasteiger partial charge is 0.319 e. The number of aromatic nitrogens is 2. The molecule has 3 rings (SSSR count). The molecule has 21 heavy (non-hydrogen) atoms. The van der Waals surface area contributed by atoms with E-state index >= 15 is 0 Å². The number of hydrogen-bond donors (Lipinski definition) is 1. The van der Waals surface area contributed by atoms with Crippen LogP contribution < -0.4 is 5.32 Å². The summed E-state index contributed by atoms with van der Waals surface area (Å²) in [5, 5.41) is 8.38. The molecule has 3 heteroatoms. The fraction of sp³-hybridized carbons (Fsp3) is 0.833. The van der Waals surface area contributed by atoms with E-state index in [1.54, 1.807) is 0 Å². The van der Waals surface area contributed by atoms with Crippen LogP contribution in [0.25, 0.3) is 0 Å². The van der Waals surface area contributed by atoms with Gasteiger partial charge in [0.25, 0.3) is 0 Å². The fourth-order valence-corrected chi connectivity index (χ4v) is 4.50. The van der Waals surface area contributed by atoms with Crippen LogP contribution >= 0.6 is 0 Å². The highest BCUT2D eigenvalue weighted by molar-refractivity contribution is 5.05. The van der Waals surface area contributed by atoms with E-state index in [1.165, 1.54) is 69.9 Å². The second-order valence-electron chi connectivity index (χ2n) is 7.35. The number of rotatable bonds is 5. The molecular formula is C18H31N3. The third kappa shape index (κ3) is 3.68. The maximum absolute atomic E-state index is 4.94. The maximum Gasteiger partial charge on any atom is 0.0630 e. The van der Waals surface area contributed by atoms with Gasteiger partial charge in [0.2, 0.25) is 0 Å². The smallest absolute Gasteiger partial charge is 0.0630 e. The van der Waals surface area contributed by atoms with Gasteiger partial charge in [-0.15, -0.1) is 0 Å². The predicted molar refractivity (Wildman–Crippen MR) is 87.5 cm³/mol. The van der Waals surface area contributed by atoms with Crippen LogP contribution in [0.5, 0.6) is 0 Å². The Labute approximate surface area is 129 Å². The highest BCUT2D eigenvalue weighted by Gasteiger charge is 2.32. The normalized spacial score (nSPS) is 23.3. The van der Waals surface area contributed by atoms with Gasteiger partial charge in [0.05, 0.1) is 11.7 Å². The summed E-state index contributed by atoms with van der Waals surface area (Å²) in [6, 6.07) is 2.94. The lowest BCUT2D eigenvalue weighted by molar-refractivity contribution is 0.182. The van der Waals surface area contributed by atoms with Crippen molar-refractivity contribution in [2.45, 2.75) is 76.7 Å². The molecule has 0 aliphatic heterocycles. The molecule has 1 aromatic heterocycles. The van der Waals surface area contributed by atoms with E-state index in [2.05, 4.69) is 29.3 Å². The van der Waals surface area contributed by atoms with Crippen LogP contribution in [0, 0.1) is 5.41 Å². The van der Waals surface area contributed by atoms with Crippen LogP contribution in [0.3, 0.4) is 0 Å². The van der Waals surface area contributed by atoms with Crippen LogP contribution in [-0.4, -0.2) is 23.4 Å². The van der Waals surface area contributed by atoms with E-state index in [1.807, 2.05) is 0 Å². The number of hydrogen-bond acceptors (Lipinski definition) is 2. The molecule has 0 unspecified atom stereocenters. The molecule has 2 aliphatic rings. The van der Waals surface area contributed by atoms with Gasteiger partial charge in [-0.25, -0.2) is 0 Å². The summed E-state index contributed by atoms with van der Waals surface area (Å²) >= 11 is 0. The summed E-state index contributed by atoms with van der Waals surface area (Å²) in [6.07, 6.45) is 17.1. The zero-order valence-corrected chi connectivity index (χ0v) is 13.6. The van der Waals surface area contributed by atoms with Gasteiger partial charge in [-0.1, -0.05) is 38.5 Å². The Morgan fingerprint density at radius 2 is 1.86 bits per heavy atom. The maximum atomic E-state index is 4.94. The van der Waals surface area contributed by atoms with Crippen LogP contribution in [0.15, 0.2) is 12.3 Å². The van der Waals surface area contributed by atoms with Gasteiger partial charge in [-0.05, 0) is 50.6 Å². The van der Waals surface area contributed by atoms with Crippen molar-refractivity contribution in [3.8, 4) is 0 Å².